The fraction of sp³-hybridized carbons (Fsp3) is 0.167. The van der Waals surface area contributed by atoms with Crippen molar-refractivity contribution in [3.63, 3.8) is 0 Å². The van der Waals surface area contributed by atoms with E-state index in [1.807, 2.05) is 0 Å². The first kappa shape index (κ1) is 13.5. The quantitative estimate of drug-likeness (QED) is 0.622. The van der Waals surface area contributed by atoms with Crippen molar-refractivity contribution in [3.05, 3.63) is 41.2 Å². The first-order chi connectivity index (χ1) is 9.65. The lowest BCUT2D eigenvalue weighted by Gasteiger charge is -2.04. The van der Waals surface area contributed by atoms with Gasteiger partial charge in [0.05, 0.1) is 6.21 Å². The molecule has 2 aromatic rings. The van der Waals surface area contributed by atoms with Crippen molar-refractivity contribution in [2.75, 3.05) is 0 Å². The van der Waals surface area contributed by atoms with Gasteiger partial charge in [-0.3, -0.25) is 0 Å². The van der Waals surface area contributed by atoms with Crippen LogP contribution in [0.15, 0.2) is 34.0 Å². The van der Waals surface area contributed by atoms with Gasteiger partial charge in [-0.2, -0.15) is 5.10 Å². The van der Waals surface area contributed by atoms with Crippen LogP contribution in [-0.2, 0) is 6.61 Å². The number of nitrogens with two attached hydrogens (primary N) is 1. The molecule has 2 amide bonds. The van der Waals surface area contributed by atoms with E-state index in [1.54, 1.807) is 31.2 Å². The van der Waals surface area contributed by atoms with E-state index in [0.717, 1.165) is 5.56 Å². The first-order valence-electron chi connectivity index (χ1n) is 5.74. The largest absolute Gasteiger partial charge is 0.487 e. The third kappa shape index (κ3) is 3.80. The van der Waals surface area contributed by atoms with E-state index in [4.69, 9.17) is 10.5 Å². The summed E-state index contributed by atoms with van der Waals surface area (Å²) in [6, 6.07) is 6.41. The Bertz CT molecular complexity index is 606. The second-order valence-electron chi connectivity index (χ2n) is 3.89. The average molecular weight is 275 g/mol. The standard InChI is InChI=1S/C12H13N5O3/c1-8-11(17-20-16-8)7-19-10-4-2-9(3-5-10)6-14-15-12(13)18/h2-6H,7H2,1H3,(H3,13,15,18)/b14-6+. The van der Waals surface area contributed by atoms with E-state index in [0.29, 0.717) is 17.1 Å². The summed E-state index contributed by atoms with van der Waals surface area (Å²) in [6.07, 6.45) is 1.47. The van der Waals surface area contributed by atoms with Crippen molar-refractivity contribution in [2.24, 2.45) is 10.8 Å². The van der Waals surface area contributed by atoms with Crippen LogP contribution in [0.2, 0.25) is 0 Å². The molecule has 0 spiro atoms. The lowest BCUT2D eigenvalue weighted by atomic mass is 10.2. The Labute approximate surface area is 114 Å². The van der Waals surface area contributed by atoms with Gasteiger partial charge in [0.2, 0.25) is 0 Å². The van der Waals surface area contributed by atoms with Gasteiger partial charge in [-0.05, 0) is 36.8 Å². The molecule has 8 nitrogen and oxygen atoms in total. The molecule has 0 saturated heterocycles. The third-order valence-electron chi connectivity index (χ3n) is 2.39. The zero-order chi connectivity index (χ0) is 14.4. The SMILES string of the molecule is Cc1nonc1COc1ccc(/C=N/NC(N)=O)cc1. The van der Waals surface area contributed by atoms with Gasteiger partial charge < -0.3 is 10.5 Å². The maximum atomic E-state index is 10.4. The van der Waals surface area contributed by atoms with Gasteiger partial charge in [-0.25, -0.2) is 14.8 Å². The number of urea groups is 1. The number of nitrogens with one attached hydrogen (secondary N) is 1. The number of hydrazone groups is 1. The Morgan fingerprint density at radius 2 is 2.20 bits per heavy atom. The van der Waals surface area contributed by atoms with Crippen molar-refractivity contribution < 1.29 is 14.2 Å². The minimum atomic E-state index is -0.710. The Hall–Kier alpha value is -2.90. The molecular formula is C12H13N5O3. The molecule has 0 radical (unpaired) electrons. The maximum Gasteiger partial charge on any atom is 0.332 e. The molecule has 8 heteroatoms. The molecule has 0 fully saturated rings. The predicted molar refractivity (Wildman–Crippen MR) is 70.1 cm³/mol. The molecule has 2 rings (SSSR count). The van der Waals surface area contributed by atoms with Crippen LogP contribution >= 0.6 is 0 Å². The van der Waals surface area contributed by atoms with Crippen molar-refractivity contribution in [1.29, 1.82) is 0 Å². The lowest BCUT2D eigenvalue weighted by molar-refractivity contribution is 0.249. The number of hydrogen-bond donors (Lipinski definition) is 2. The summed E-state index contributed by atoms with van der Waals surface area (Å²) in [7, 11) is 0. The van der Waals surface area contributed by atoms with Crippen LogP contribution in [0.25, 0.3) is 0 Å². The summed E-state index contributed by atoms with van der Waals surface area (Å²) in [4.78, 5) is 10.4. The molecule has 0 atom stereocenters. The van der Waals surface area contributed by atoms with Crippen molar-refractivity contribution in [2.45, 2.75) is 13.5 Å². The molecule has 20 heavy (non-hydrogen) atoms. The fourth-order valence-corrected chi connectivity index (χ4v) is 1.35. The van der Waals surface area contributed by atoms with Crippen LogP contribution in [0.4, 0.5) is 4.79 Å². The van der Waals surface area contributed by atoms with Crippen LogP contribution in [0.1, 0.15) is 17.0 Å². The minimum absolute atomic E-state index is 0.284. The number of aryl methyl sites for hydroxylation is 1. The number of ether oxygens (including phenoxy) is 1. The molecule has 0 aliphatic carbocycles. The Balaban J connectivity index is 1.90. The zero-order valence-corrected chi connectivity index (χ0v) is 10.7. The van der Waals surface area contributed by atoms with Crippen LogP contribution in [0, 0.1) is 6.92 Å². The number of aromatic nitrogens is 2. The van der Waals surface area contributed by atoms with Gasteiger partial charge in [-0.15, -0.1) is 0 Å². The van der Waals surface area contributed by atoms with E-state index in [2.05, 4.69) is 25.5 Å². The zero-order valence-electron chi connectivity index (χ0n) is 10.7. The van der Waals surface area contributed by atoms with Gasteiger partial charge in [0.1, 0.15) is 23.7 Å². The van der Waals surface area contributed by atoms with Gasteiger partial charge in [0.15, 0.2) is 0 Å². The van der Waals surface area contributed by atoms with E-state index in [-0.39, 0.29) is 6.61 Å². The maximum absolute atomic E-state index is 10.4. The highest BCUT2D eigenvalue weighted by atomic mass is 16.6. The summed E-state index contributed by atoms with van der Waals surface area (Å²) >= 11 is 0. The van der Waals surface area contributed by atoms with Crippen molar-refractivity contribution in [1.82, 2.24) is 15.7 Å². The number of nitrogens with zero attached hydrogens (tertiary/aromatic N) is 3. The second-order valence-corrected chi connectivity index (χ2v) is 3.89. The summed E-state index contributed by atoms with van der Waals surface area (Å²) in [5, 5.41) is 11.0. The normalized spacial score (nSPS) is 10.7. The number of rotatable bonds is 5. The summed E-state index contributed by atoms with van der Waals surface area (Å²) in [6.45, 7) is 2.08. The van der Waals surface area contributed by atoms with E-state index in [1.165, 1.54) is 6.21 Å². The Morgan fingerprint density at radius 1 is 1.45 bits per heavy atom. The highest BCUT2D eigenvalue weighted by molar-refractivity contribution is 5.81. The topological polar surface area (TPSA) is 116 Å². The fourth-order valence-electron chi connectivity index (χ4n) is 1.35. The van der Waals surface area contributed by atoms with Crippen LogP contribution in [0.5, 0.6) is 5.75 Å². The summed E-state index contributed by atoms with van der Waals surface area (Å²) in [5.41, 5.74) is 9.14. The molecule has 0 aliphatic rings. The molecule has 1 heterocycles. The molecule has 0 unspecified atom stereocenters. The molecule has 0 aliphatic heterocycles. The van der Waals surface area contributed by atoms with E-state index >= 15 is 0 Å². The van der Waals surface area contributed by atoms with Gasteiger partial charge in [-0.1, -0.05) is 10.3 Å². The number of primary amides is 1. The van der Waals surface area contributed by atoms with Gasteiger partial charge in [0, 0.05) is 0 Å². The molecule has 104 valence electrons. The predicted octanol–water partition coefficient (Wildman–Crippen LogP) is 0.959. The van der Waals surface area contributed by atoms with Crippen LogP contribution in [-0.4, -0.2) is 22.6 Å². The molecule has 1 aromatic carbocycles. The number of carbonyl (C=O) groups excluding carboxylic acids is 1. The summed E-state index contributed by atoms with van der Waals surface area (Å²) in [5.74, 6) is 0.674. The molecular weight excluding hydrogens is 262 g/mol. The lowest BCUT2D eigenvalue weighted by Crippen LogP contribution is -2.24. The van der Waals surface area contributed by atoms with Crippen molar-refractivity contribution in [3.8, 4) is 5.75 Å². The molecule has 0 saturated carbocycles. The summed E-state index contributed by atoms with van der Waals surface area (Å²) < 4.78 is 10.1. The smallest absolute Gasteiger partial charge is 0.332 e. The van der Waals surface area contributed by atoms with Gasteiger partial charge >= 0.3 is 6.03 Å². The Kier molecular flexibility index (Phi) is 4.28. The van der Waals surface area contributed by atoms with Crippen molar-refractivity contribution >= 4 is 12.2 Å². The first-order valence-corrected chi connectivity index (χ1v) is 5.74. The number of amides is 2. The van der Waals surface area contributed by atoms with Crippen LogP contribution < -0.4 is 15.9 Å². The van der Waals surface area contributed by atoms with E-state index < -0.39 is 6.03 Å². The highest BCUT2D eigenvalue weighted by Crippen LogP contribution is 2.13. The number of benzene rings is 1. The minimum Gasteiger partial charge on any atom is -0.487 e. The Morgan fingerprint density at radius 3 is 2.80 bits per heavy atom. The number of carbonyl (C=O) groups is 1. The average Bonchev–Trinajstić information content (AvgIpc) is 2.83. The number of hydrogen-bond acceptors (Lipinski definition) is 6. The molecule has 1 aromatic heterocycles. The van der Waals surface area contributed by atoms with E-state index in [9.17, 15) is 4.79 Å². The molecule has 0 bridgehead atoms. The monoisotopic (exact) mass is 275 g/mol. The third-order valence-corrected chi connectivity index (χ3v) is 2.39. The van der Waals surface area contributed by atoms with Gasteiger partial charge in [0.25, 0.3) is 0 Å². The van der Waals surface area contributed by atoms with Crippen LogP contribution in [0.3, 0.4) is 0 Å². The highest BCUT2D eigenvalue weighted by Gasteiger charge is 2.05. The second kappa shape index (κ2) is 6.32. The molecule has 3 N–H and O–H groups in total.